The molecule has 0 amide bonds. The Morgan fingerprint density at radius 1 is 0.510 bits per heavy atom. The van der Waals surface area contributed by atoms with Gasteiger partial charge in [0, 0.05) is 32.1 Å². The lowest BCUT2D eigenvalue weighted by atomic mass is 9.94. The predicted octanol–water partition coefficient (Wildman–Crippen LogP) is 13.4. The number of benzene rings is 8. The lowest BCUT2D eigenvalue weighted by Crippen LogP contribution is -2.02. The number of aromatic nitrogens is 1. The summed E-state index contributed by atoms with van der Waals surface area (Å²) in [5, 5.41) is 11.3. The van der Waals surface area contributed by atoms with E-state index in [-0.39, 0.29) is 5.37 Å². The number of hydrogen-bond donors (Lipinski definition) is 1. The van der Waals surface area contributed by atoms with E-state index in [2.05, 4.69) is 168 Å². The SMILES string of the molecule is c1ccc(-c2ccc3c(c2)c2cc(-c4ccccc4)c4ccccc4c2n3-c2ccc(C3Nc4c(ccc5oc6ccccc6c45)S3)cc2)cc1. The summed E-state index contributed by atoms with van der Waals surface area (Å²) in [6, 6.07) is 61.4. The van der Waals surface area contributed by atoms with Gasteiger partial charge in [-0.3, -0.25) is 0 Å². The van der Waals surface area contributed by atoms with Gasteiger partial charge >= 0.3 is 0 Å². The third-order valence-corrected chi connectivity index (χ3v) is 11.7. The van der Waals surface area contributed by atoms with Gasteiger partial charge in [0.15, 0.2) is 0 Å². The Balaban J connectivity index is 1.08. The minimum absolute atomic E-state index is 0.106. The van der Waals surface area contributed by atoms with Gasteiger partial charge in [0.05, 0.1) is 22.1 Å². The molecule has 4 heteroatoms. The highest BCUT2D eigenvalue weighted by molar-refractivity contribution is 8.00. The molecule has 0 saturated carbocycles. The van der Waals surface area contributed by atoms with E-state index in [1.54, 1.807) is 0 Å². The molecule has 3 nitrogen and oxygen atoms in total. The number of furan rings is 1. The van der Waals surface area contributed by atoms with E-state index in [9.17, 15) is 0 Å². The van der Waals surface area contributed by atoms with Crippen molar-refractivity contribution < 1.29 is 4.42 Å². The first kappa shape index (κ1) is 28.6. The fraction of sp³-hybridized carbons (Fsp3) is 0.0213. The van der Waals surface area contributed by atoms with Crippen LogP contribution in [-0.4, -0.2) is 4.57 Å². The van der Waals surface area contributed by atoms with Crippen LogP contribution >= 0.6 is 11.8 Å². The maximum absolute atomic E-state index is 6.19. The molecule has 1 unspecified atom stereocenters. The molecule has 240 valence electrons. The maximum atomic E-state index is 6.19. The van der Waals surface area contributed by atoms with Crippen molar-refractivity contribution in [3.05, 3.63) is 175 Å². The van der Waals surface area contributed by atoms with Crippen LogP contribution in [0.5, 0.6) is 0 Å². The van der Waals surface area contributed by atoms with Crippen LogP contribution in [0.1, 0.15) is 10.9 Å². The van der Waals surface area contributed by atoms with Gasteiger partial charge in [-0.1, -0.05) is 133 Å². The molecule has 10 aromatic rings. The molecule has 1 atom stereocenters. The van der Waals surface area contributed by atoms with Gasteiger partial charge in [0.1, 0.15) is 16.5 Å². The molecule has 0 spiro atoms. The van der Waals surface area contributed by atoms with Crippen LogP contribution in [0.2, 0.25) is 0 Å². The summed E-state index contributed by atoms with van der Waals surface area (Å²) < 4.78 is 8.65. The Morgan fingerprint density at radius 3 is 2.02 bits per heavy atom. The van der Waals surface area contributed by atoms with Crippen LogP contribution in [0.4, 0.5) is 5.69 Å². The molecule has 0 saturated heterocycles. The average molecular weight is 671 g/mol. The van der Waals surface area contributed by atoms with Gasteiger partial charge < -0.3 is 14.3 Å². The second-order valence-electron chi connectivity index (χ2n) is 13.3. The van der Waals surface area contributed by atoms with Crippen molar-refractivity contribution >= 4 is 72.0 Å². The largest absolute Gasteiger partial charge is 0.456 e. The normalized spacial score (nSPS) is 14.2. The second kappa shape index (κ2) is 11.1. The summed E-state index contributed by atoms with van der Waals surface area (Å²) in [7, 11) is 0. The molecule has 1 N–H and O–H groups in total. The Morgan fingerprint density at radius 2 is 1.22 bits per heavy atom. The number of rotatable bonds is 4. The standard InChI is InChI=1S/C47H30N2OS/c1-3-11-29(12-4-1)32-21-24-40-38(27-32)39-28-37(30-13-5-2-6-14-30)34-15-7-8-16-35(34)46(39)49(40)33-22-19-31(20-23-33)47-48-45-43(51-47)26-25-42-44(45)36-17-9-10-18-41(36)50-42/h1-28,47-48H. The number of para-hydroxylation sites is 1. The zero-order valence-corrected chi connectivity index (χ0v) is 28.3. The summed E-state index contributed by atoms with van der Waals surface area (Å²) >= 11 is 1.87. The molecule has 0 aliphatic carbocycles. The van der Waals surface area contributed by atoms with E-state index in [0.717, 1.165) is 33.3 Å². The van der Waals surface area contributed by atoms with Crippen LogP contribution in [0.3, 0.4) is 0 Å². The fourth-order valence-electron chi connectivity index (χ4n) is 8.08. The highest BCUT2D eigenvalue weighted by atomic mass is 32.2. The second-order valence-corrected chi connectivity index (χ2v) is 14.5. The minimum atomic E-state index is 0.106. The van der Waals surface area contributed by atoms with Crippen LogP contribution in [0, 0.1) is 0 Å². The van der Waals surface area contributed by atoms with E-state index in [1.807, 2.05) is 23.9 Å². The minimum Gasteiger partial charge on any atom is -0.456 e. The first-order valence-electron chi connectivity index (χ1n) is 17.4. The Bertz CT molecular complexity index is 2960. The topological polar surface area (TPSA) is 30.1 Å². The Labute approximate surface area is 298 Å². The number of nitrogens with one attached hydrogen (secondary N) is 1. The van der Waals surface area contributed by atoms with Gasteiger partial charge in [-0.25, -0.2) is 0 Å². The van der Waals surface area contributed by atoms with E-state index in [4.69, 9.17) is 4.42 Å². The van der Waals surface area contributed by atoms with Crippen molar-refractivity contribution in [2.24, 2.45) is 0 Å². The zero-order valence-electron chi connectivity index (χ0n) is 27.5. The van der Waals surface area contributed by atoms with E-state index < -0.39 is 0 Å². The number of thioether (sulfide) groups is 1. The molecular formula is C47H30N2OS. The molecule has 1 aliphatic heterocycles. The molecule has 51 heavy (non-hydrogen) atoms. The molecule has 11 rings (SSSR count). The van der Waals surface area contributed by atoms with Gasteiger partial charge in [-0.05, 0) is 81.7 Å². The van der Waals surface area contributed by atoms with Crippen LogP contribution in [0.15, 0.2) is 179 Å². The average Bonchev–Trinajstić information content (AvgIpc) is 3.90. The first-order valence-corrected chi connectivity index (χ1v) is 18.2. The monoisotopic (exact) mass is 670 g/mol. The molecule has 1 aliphatic rings. The van der Waals surface area contributed by atoms with Crippen LogP contribution < -0.4 is 5.32 Å². The van der Waals surface area contributed by atoms with E-state index >= 15 is 0 Å². The molecule has 2 aromatic heterocycles. The number of hydrogen-bond acceptors (Lipinski definition) is 3. The smallest absolute Gasteiger partial charge is 0.137 e. The van der Waals surface area contributed by atoms with Crippen molar-refractivity contribution in [3.8, 4) is 27.9 Å². The molecule has 0 radical (unpaired) electrons. The Kier molecular flexibility index (Phi) is 6.25. The van der Waals surface area contributed by atoms with Gasteiger partial charge in [-0.2, -0.15) is 0 Å². The quantitative estimate of drug-likeness (QED) is 0.202. The molecule has 0 fully saturated rings. The summed E-state index contributed by atoms with van der Waals surface area (Å²) in [6.45, 7) is 0. The van der Waals surface area contributed by atoms with Gasteiger partial charge in [0.25, 0.3) is 0 Å². The van der Waals surface area contributed by atoms with Crippen molar-refractivity contribution in [3.63, 3.8) is 0 Å². The third-order valence-electron chi connectivity index (χ3n) is 10.4. The van der Waals surface area contributed by atoms with Crippen LogP contribution in [0.25, 0.3) is 82.5 Å². The summed E-state index contributed by atoms with van der Waals surface area (Å²) in [5.74, 6) is 0. The molecule has 0 bridgehead atoms. The van der Waals surface area contributed by atoms with Crippen molar-refractivity contribution in [1.82, 2.24) is 4.57 Å². The predicted molar refractivity (Wildman–Crippen MR) is 215 cm³/mol. The number of fused-ring (bicyclic) bond motifs is 10. The van der Waals surface area contributed by atoms with Gasteiger partial charge in [0.2, 0.25) is 0 Å². The third kappa shape index (κ3) is 4.40. The van der Waals surface area contributed by atoms with Crippen molar-refractivity contribution in [1.29, 1.82) is 0 Å². The molecule has 8 aromatic carbocycles. The van der Waals surface area contributed by atoms with E-state index in [0.29, 0.717) is 0 Å². The molecule has 3 heterocycles. The number of anilines is 1. The highest BCUT2D eigenvalue weighted by Gasteiger charge is 2.27. The summed E-state index contributed by atoms with van der Waals surface area (Å²) in [5.41, 5.74) is 12.7. The van der Waals surface area contributed by atoms with Gasteiger partial charge in [-0.15, -0.1) is 0 Å². The molecular weight excluding hydrogens is 641 g/mol. The zero-order chi connectivity index (χ0) is 33.5. The summed E-state index contributed by atoms with van der Waals surface area (Å²) in [4.78, 5) is 1.25. The number of nitrogens with zero attached hydrogens (tertiary/aromatic N) is 1. The fourth-order valence-corrected chi connectivity index (χ4v) is 9.23. The maximum Gasteiger partial charge on any atom is 0.137 e. The Hall–Kier alpha value is -6.23. The lowest BCUT2D eigenvalue weighted by Gasteiger charge is -2.15. The van der Waals surface area contributed by atoms with Crippen molar-refractivity contribution in [2.75, 3.05) is 5.32 Å². The lowest BCUT2D eigenvalue weighted by molar-refractivity contribution is 0.669. The first-order chi connectivity index (χ1) is 25.3. The summed E-state index contributed by atoms with van der Waals surface area (Å²) in [6.07, 6.45) is 0. The van der Waals surface area contributed by atoms with Crippen LogP contribution in [-0.2, 0) is 0 Å². The van der Waals surface area contributed by atoms with E-state index in [1.165, 1.54) is 65.3 Å². The highest BCUT2D eigenvalue weighted by Crippen LogP contribution is 2.51. The van der Waals surface area contributed by atoms with Crippen molar-refractivity contribution in [2.45, 2.75) is 10.3 Å².